The second-order valence-electron chi connectivity index (χ2n) is 3.74. The Hall–Kier alpha value is -1.36. The average Bonchev–Trinajstić information content (AvgIpc) is 2.77. The molecule has 0 atom stereocenters. The van der Waals surface area contributed by atoms with E-state index in [4.69, 9.17) is 14.0 Å². The first-order chi connectivity index (χ1) is 8.81. The van der Waals surface area contributed by atoms with E-state index < -0.39 is 0 Å². The zero-order valence-corrected chi connectivity index (χ0v) is 11.5. The van der Waals surface area contributed by atoms with Gasteiger partial charge in [0.15, 0.2) is 5.75 Å². The molecule has 5 heteroatoms. The summed E-state index contributed by atoms with van der Waals surface area (Å²) in [5.41, 5.74) is 1.56. The molecule has 0 aliphatic carbocycles. The predicted octanol–water partition coefficient (Wildman–Crippen LogP) is 3.10. The van der Waals surface area contributed by atoms with Gasteiger partial charge >= 0.3 is 0 Å². The van der Waals surface area contributed by atoms with Gasteiger partial charge in [-0.25, -0.2) is 0 Å². The number of rotatable bonds is 6. The van der Waals surface area contributed by atoms with E-state index in [0.717, 1.165) is 23.3 Å². The molecule has 0 amide bonds. The zero-order chi connectivity index (χ0) is 13.0. The van der Waals surface area contributed by atoms with Gasteiger partial charge in [0, 0.05) is 11.8 Å². The van der Waals surface area contributed by atoms with E-state index in [9.17, 15) is 0 Å². The second-order valence-corrected chi connectivity index (χ2v) is 4.19. The third-order valence-electron chi connectivity index (χ3n) is 2.57. The monoisotopic (exact) mass is 267 g/mol. The summed E-state index contributed by atoms with van der Waals surface area (Å²) >= 11 is 4.22. The third-order valence-corrected chi connectivity index (χ3v) is 2.79. The molecule has 1 aromatic heterocycles. The first-order valence-electron chi connectivity index (χ1n) is 6.09. The number of hydrogen-bond acceptors (Lipinski definition) is 5. The van der Waals surface area contributed by atoms with Gasteiger partial charge in [-0.3, -0.25) is 0 Å². The Balaban J connectivity index is 2.52. The van der Waals surface area contributed by atoms with Gasteiger partial charge in [0.1, 0.15) is 0 Å². The average molecular weight is 267 g/mol. The van der Waals surface area contributed by atoms with Crippen LogP contribution in [0.2, 0.25) is 0 Å². The number of hydrogen-bond donors (Lipinski definition) is 1. The van der Waals surface area contributed by atoms with Crippen molar-refractivity contribution in [1.82, 2.24) is 5.16 Å². The van der Waals surface area contributed by atoms with Gasteiger partial charge < -0.3 is 14.0 Å². The van der Waals surface area contributed by atoms with Gasteiger partial charge in [0.25, 0.3) is 0 Å². The van der Waals surface area contributed by atoms with Gasteiger partial charge in [-0.05, 0) is 31.7 Å². The van der Waals surface area contributed by atoms with Gasteiger partial charge in [0.2, 0.25) is 11.3 Å². The Morgan fingerprint density at radius 2 is 2.00 bits per heavy atom. The minimum Gasteiger partial charge on any atom is -0.490 e. The highest BCUT2D eigenvalue weighted by atomic mass is 32.1. The van der Waals surface area contributed by atoms with Crippen molar-refractivity contribution in [3.63, 3.8) is 0 Å². The van der Waals surface area contributed by atoms with E-state index in [1.807, 2.05) is 26.0 Å². The summed E-state index contributed by atoms with van der Waals surface area (Å²) in [7, 11) is 0. The number of aromatic nitrogens is 1. The summed E-state index contributed by atoms with van der Waals surface area (Å²) in [6.07, 6.45) is 0.773. The molecule has 0 unspecified atom stereocenters. The molecular weight excluding hydrogens is 250 g/mol. The molecule has 4 nitrogen and oxygen atoms in total. The third kappa shape index (κ3) is 2.41. The second kappa shape index (κ2) is 6.00. The molecule has 0 spiro atoms. The van der Waals surface area contributed by atoms with Crippen molar-refractivity contribution in [2.75, 3.05) is 19.0 Å². The van der Waals surface area contributed by atoms with Gasteiger partial charge in [-0.2, -0.15) is 12.6 Å². The van der Waals surface area contributed by atoms with Crippen LogP contribution < -0.4 is 9.47 Å². The van der Waals surface area contributed by atoms with Gasteiger partial charge in [-0.15, -0.1) is 0 Å². The molecular formula is C13H17NO3S. The molecule has 0 N–H and O–H groups in total. The molecule has 18 heavy (non-hydrogen) atoms. The number of aryl methyl sites for hydroxylation is 1. The fraction of sp³-hybridized carbons (Fsp3) is 0.462. The zero-order valence-electron chi connectivity index (χ0n) is 10.6. The van der Waals surface area contributed by atoms with Crippen molar-refractivity contribution in [3.8, 4) is 11.5 Å². The molecule has 0 aliphatic rings. The standard InChI is InChI=1S/C13H17NO3S/c1-3-15-11-6-5-9-10(7-8-18)14-17-12(9)13(11)16-4-2/h5-6,18H,3-4,7-8H2,1-2H3. The number of thiol groups is 1. The Morgan fingerprint density at radius 1 is 1.22 bits per heavy atom. The molecule has 0 saturated carbocycles. The van der Waals surface area contributed by atoms with E-state index in [2.05, 4.69) is 17.8 Å². The lowest BCUT2D eigenvalue weighted by atomic mass is 10.1. The van der Waals surface area contributed by atoms with E-state index >= 15 is 0 Å². The molecule has 0 saturated heterocycles. The molecule has 98 valence electrons. The summed E-state index contributed by atoms with van der Waals surface area (Å²) < 4.78 is 16.5. The minimum absolute atomic E-state index is 0.557. The maximum absolute atomic E-state index is 5.62. The topological polar surface area (TPSA) is 44.5 Å². The maximum Gasteiger partial charge on any atom is 0.212 e. The molecule has 0 aliphatic heterocycles. The molecule has 0 radical (unpaired) electrons. The molecule has 0 bridgehead atoms. The number of ether oxygens (including phenoxy) is 2. The van der Waals surface area contributed by atoms with E-state index in [1.54, 1.807) is 0 Å². The van der Waals surface area contributed by atoms with E-state index in [1.165, 1.54) is 0 Å². The number of nitrogens with zero attached hydrogens (tertiary/aromatic N) is 1. The Kier molecular flexibility index (Phi) is 4.36. The normalized spacial score (nSPS) is 10.8. The van der Waals surface area contributed by atoms with Crippen molar-refractivity contribution in [2.24, 2.45) is 0 Å². The molecule has 1 heterocycles. The smallest absolute Gasteiger partial charge is 0.212 e. The van der Waals surface area contributed by atoms with Crippen LogP contribution in [-0.2, 0) is 6.42 Å². The van der Waals surface area contributed by atoms with Crippen LogP contribution >= 0.6 is 12.6 Å². The van der Waals surface area contributed by atoms with E-state index in [-0.39, 0.29) is 0 Å². The first-order valence-corrected chi connectivity index (χ1v) is 6.72. The molecule has 2 rings (SSSR count). The quantitative estimate of drug-likeness (QED) is 0.817. The Bertz CT molecular complexity index is 524. The van der Waals surface area contributed by atoms with Crippen LogP contribution in [0.4, 0.5) is 0 Å². The van der Waals surface area contributed by atoms with Crippen molar-refractivity contribution >= 4 is 23.6 Å². The lowest BCUT2D eigenvalue weighted by Crippen LogP contribution is -1.98. The highest BCUT2D eigenvalue weighted by molar-refractivity contribution is 7.80. The largest absolute Gasteiger partial charge is 0.490 e. The highest BCUT2D eigenvalue weighted by Gasteiger charge is 2.17. The summed E-state index contributed by atoms with van der Waals surface area (Å²) in [6, 6.07) is 3.86. The summed E-state index contributed by atoms with van der Waals surface area (Å²) in [6.45, 7) is 5.01. The van der Waals surface area contributed by atoms with Crippen molar-refractivity contribution in [2.45, 2.75) is 20.3 Å². The highest BCUT2D eigenvalue weighted by Crippen LogP contribution is 2.37. The van der Waals surface area contributed by atoms with E-state index in [0.29, 0.717) is 30.3 Å². The lowest BCUT2D eigenvalue weighted by molar-refractivity contribution is 0.285. The Labute approximate surface area is 112 Å². The fourth-order valence-corrected chi connectivity index (χ4v) is 2.06. The number of benzene rings is 1. The van der Waals surface area contributed by atoms with Crippen LogP contribution in [0.5, 0.6) is 11.5 Å². The molecule has 0 fully saturated rings. The van der Waals surface area contributed by atoms with Crippen LogP contribution in [0.3, 0.4) is 0 Å². The van der Waals surface area contributed by atoms with Gasteiger partial charge in [0.05, 0.1) is 18.9 Å². The van der Waals surface area contributed by atoms with Crippen molar-refractivity contribution in [1.29, 1.82) is 0 Å². The Morgan fingerprint density at radius 3 is 2.67 bits per heavy atom. The summed E-state index contributed by atoms with van der Waals surface area (Å²) in [4.78, 5) is 0. The summed E-state index contributed by atoms with van der Waals surface area (Å²) in [5, 5.41) is 5.04. The maximum atomic E-state index is 5.62. The van der Waals surface area contributed by atoms with Crippen molar-refractivity contribution in [3.05, 3.63) is 17.8 Å². The first kappa shape index (κ1) is 13.1. The van der Waals surface area contributed by atoms with Crippen LogP contribution in [0, 0.1) is 0 Å². The SMILES string of the molecule is CCOc1ccc2c(CCS)noc2c1OCC. The van der Waals surface area contributed by atoms with Crippen LogP contribution in [0.1, 0.15) is 19.5 Å². The predicted molar refractivity (Wildman–Crippen MR) is 73.9 cm³/mol. The van der Waals surface area contributed by atoms with Crippen LogP contribution in [0.15, 0.2) is 16.7 Å². The molecule has 1 aromatic carbocycles. The lowest BCUT2D eigenvalue weighted by Gasteiger charge is -2.10. The molecule has 2 aromatic rings. The van der Waals surface area contributed by atoms with Gasteiger partial charge in [-0.1, -0.05) is 5.16 Å². The van der Waals surface area contributed by atoms with Crippen LogP contribution in [-0.4, -0.2) is 24.1 Å². The van der Waals surface area contributed by atoms with Crippen LogP contribution in [0.25, 0.3) is 11.0 Å². The van der Waals surface area contributed by atoms with Crippen molar-refractivity contribution < 1.29 is 14.0 Å². The number of fused-ring (bicyclic) bond motifs is 1. The fourth-order valence-electron chi connectivity index (χ4n) is 1.85. The minimum atomic E-state index is 0.557. The summed E-state index contributed by atoms with van der Waals surface area (Å²) in [5.74, 6) is 2.06.